The minimum atomic E-state index is -0.761. The second-order valence-corrected chi connectivity index (χ2v) is 7.47. The molecule has 31 heavy (non-hydrogen) atoms. The molecule has 10 heteroatoms. The number of carbonyl (C=O) groups excluding carboxylic acids is 1. The Labute approximate surface area is 177 Å². The van der Waals surface area contributed by atoms with Gasteiger partial charge >= 0.3 is 0 Å². The van der Waals surface area contributed by atoms with Crippen molar-refractivity contribution >= 4 is 22.8 Å². The number of halogens is 1. The summed E-state index contributed by atoms with van der Waals surface area (Å²) in [5.74, 6) is -0.833. The van der Waals surface area contributed by atoms with Crippen LogP contribution in [0.25, 0.3) is 16.7 Å². The Kier molecular flexibility index (Phi) is 5.14. The van der Waals surface area contributed by atoms with Crippen LogP contribution in [-0.4, -0.2) is 60.6 Å². The molecule has 0 aliphatic carbocycles. The van der Waals surface area contributed by atoms with E-state index in [9.17, 15) is 19.1 Å². The van der Waals surface area contributed by atoms with Gasteiger partial charge in [0.1, 0.15) is 29.6 Å². The molecule has 1 N–H and O–H groups in total. The first-order valence-electron chi connectivity index (χ1n) is 9.73. The normalized spacial score (nSPS) is 18.9. The van der Waals surface area contributed by atoms with Crippen molar-refractivity contribution in [1.29, 1.82) is 0 Å². The number of rotatable bonds is 3. The molecule has 3 aromatic rings. The van der Waals surface area contributed by atoms with Gasteiger partial charge in [-0.25, -0.2) is 19.3 Å². The first-order valence-corrected chi connectivity index (χ1v) is 9.73. The van der Waals surface area contributed by atoms with Crippen LogP contribution in [0.1, 0.15) is 13.8 Å². The molecule has 4 rings (SSSR count). The van der Waals surface area contributed by atoms with Crippen LogP contribution in [0.15, 0.2) is 48.3 Å². The zero-order chi connectivity index (χ0) is 22.3. The summed E-state index contributed by atoms with van der Waals surface area (Å²) in [6.07, 6.45) is 3.70. The minimum Gasteiger partial charge on any atom is -0.506 e. The molecule has 9 nitrogen and oxygen atoms in total. The van der Waals surface area contributed by atoms with Gasteiger partial charge in [0, 0.05) is 25.2 Å². The highest BCUT2D eigenvalue weighted by Crippen LogP contribution is 2.27. The van der Waals surface area contributed by atoms with Crippen LogP contribution in [0.3, 0.4) is 0 Å². The number of para-hydroxylation sites is 1. The number of fused-ring (bicyclic) bond motifs is 1. The van der Waals surface area contributed by atoms with Crippen molar-refractivity contribution in [1.82, 2.24) is 24.4 Å². The zero-order valence-corrected chi connectivity index (χ0v) is 17.1. The van der Waals surface area contributed by atoms with Gasteiger partial charge in [-0.1, -0.05) is 12.6 Å². The number of anilines is 1. The molecule has 0 radical (unpaired) electrons. The number of phenolic OH excluding ortho intramolecular Hbond substituents is 1. The van der Waals surface area contributed by atoms with Crippen molar-refractivity contribution in [2.75, 3.05) is 18.0 Å². The number of phenols is 1. The topological polar surface area (TPSA) is 104 Å². The Balaban J connectivity index is 1.80. The third-order valence-electron chi connectivity index (χ3n) is 5.45. The van der Waals surface area contributed by atoms with Crippen LogP contribution in [0.4, 0.5) is 10.2 Å². The monoisotopic (exact) mass is 424 g/mol. The van der Waals surface area contributed by atoms with E-state index in [1.807, 2.05) is 18.7 Å². The van der Waals surface area contributed by atoms with Gasteiger partial charge in [0.25, 0.3) is 5.56 Å². The summed E-state index contributed by atoms with van der Waals surface area (Å²) in [7, 11) is 0. The predicted octanol–water partition coefficient (Wildman–Crippen LogP) is 1.63. The van der Waals surface area contributed by atoms with Gasteiger partial charge in [-0.2, -0.15) is 0 Å². The quantitative estimate of drug-likeness (QED) is 0.637. The van der Waals surface area contributed by atoms with E-state index in [1.54, 1.807) is 4.90 Å². The Morgan fingerprint density at radius 1 is 1.19 bits per heavy atom. The smallest absolute Gasteiger partial charge is 0.284 e. The van der Waals surface area contributed by atoms with Crippen LogP contribution in [0.2, 0.25) is 0 Å². The Hall–Kier alpha value is -3.82. The summed E-state index contributed by atoms with van der Waals surface area (Å²) >= 11 is 0. The van der Waals surface area contributed by atoms with Crippen molar-refractivity contribution in [3.63, 3.8) is 0 Å². The van der Waals surface area contributed by atoms with E-state index < -0.39 is 11.4 Å². The number of piperazine rings is 1. The van der Waals surface area contributed by atoms with E-state index in [-0.39, 0.29) is 40.5 Å². The molecule has 3 heterocycles. The lowest BCUT2D eigenvalue weighted by Gasteiger charge is -2.44. The first kappa shape index (κ1) is 20.5. The number of benzene rings is 1. The number of aromatic hydroxyl groups is 1. The van der Waals surface area contributed by atoms with E-state index in [1.165, 1.54) is 24.5 Å². The zero-order valence-electron chi connectivity index (χ0n) is 17.1. The maximum Gasteiger partial charge on any atom is 0.284 e. The third kappa shape index (κ3) is 3.39. The van der Waals surface area contributed by atoms with E-state index in [2.05, 4.69) is 21.5 Å². The van der Waals surface area contributed by atoms with Crippen LogP contribution in [0.5, 0.6) is 5.75 Å². The lowest BCUT2D eigenvalue weighted by atomic mass is 10.1. The van der Waals surface area contributed by atoms with E-state index in [0.717, 1.165) is 17.0 Å². The van der Waals surface area contributed by atoms with E-state index in [0.29, 0.717) is 18.9 Å². The first-order chi connectivity index (χ1) is 14.8. The third-order valence-corrected chi connectivity index (χ3v) is 5.45. The minimum absolute atomic E-state index is 0.000367. The van der Waals surface area contributed by atoms with E-state index in [4.69, 9.17) is 0 Å². The lowest BCUT2D eigenvalue weighted by Crippen LogP contribution is -2.58. The average molecular weight is 424 g/mol. The molecule has 1 amide bonds. The highest BCUT2D eigenvalue weighted by molar-refractivity contribution is 5.88. The number of nitrogens with zero attached hydrogens (tertiary/aromatic N) is 6. The van der Waals surface area contributed by atoms with Crippen molar-refractivity contribution in [3.8, 4) is 11.4 Å². The number of amides is 1. The van der Waals surface area contributed by atoms with Crippen molar-refractivity contribution in [2.45, 2.75) is 25.9 Å². The molecular weight excluding hydrogens is 403 g/mol. The second kappa shape index (κ2) is 7.78. The van der Waals surface area contributed by atoms with Crippen LogP contribution >= 0.6 is 0 Å². The molecule has 1 aliphatic heterocycles. The van der Waals surface area contributed by atoms with E-state index >= 15 is 0 Å². The number of carbonyl (C=O) groups is 1. The van der Waals surface area contributed by atoms with Gasteiger partial charge in [0.05, 0.1) is 0 Å². The van der Waals surface area contributed by atoms with Crippen molar-refractivity contribution < 1.29 is 14.3 Å². The maximum atomic E-state index is 14.3. The van der Waals surface area contributed by atoms with Gasteiger partial charge in [0.15, 0.2) is 17.2 Å². The van der Waals surface area contributed by atoms with Crippen LogP contribution < -0.4 is 10.5 Å². The second-order valence-electron chi connectivity index (χ2n) is 7.47. The van der Waals surface area contributed by atoms with Crippen LogP contribution in [0, 0.1) is 5.82 Å². The Bertz CT molecular complexity index is 1220. The molecule has 1 aliphatic rings. The lowest BCUT2D eigenvalue weighted by molar-refractivity contribution is -0.128. The largest absolute Gasteiger partial charge is 0.506 e. The Morgan fingerprint density at radius 3 is 2.68 bits per heavy atom. The fourth-order valence-electron chi connectivity index (χ4n) is 3.88. The van der Waals surface area contributed by atoms with Crippen molar-refractivity contribution in [3.05, 3.63) is 59.7 Å². The van der Waals surface area contributed by atoms with Gasteiger partial charge in [-0.3, -0.25) is 14.2 Å². The van der Waals surface area contributed by atoms with Gasteiger partial charge < -0.3 is 14.9 Å². The maximum absolute atomic E-state index is 14.3. The summed E-state index contributed by atoms with van der Waals surface area (Å²) < 4.78 is 15.2. The molecule has 1 saturated heterocycles. The SMILES string of the molecule is C=CC(=O)N1C[C@H](C)N(c2ncnc3c(=O)n(-c4c(O)cccc4F)cnc23)C[C@H]1C. The standard InChI is InChI=1S/C21H21FN6O3/c1-4-16(30)26-8-13(3)27(9-12(26)2)20-17-18(23-10-24-20)21(31)28(11-25-17)19-14(22)6-5-7-15(19)29/h4-7,10-13,29H,1,8-9H2,2-3H3/t12-,13+/m1/s1. The summed E-state index contributed by atoms with van der Waals surface area (Å²) in [6, 6.07) is 3.56. The number of aromatic nitrogens is 4. The fraction of sp³-hybridized carbons (Fsp3) is 0.286. The predicted molar refractivity (Wildman–Crippen MR) is 113 cm³/mol. The summed E-state index contributed by atoms with van der Waals surface area (Å²) in [5, 5.41) is 10.0. The molecule has 0 unspecified atom stereocenters. The molecule has 160 valence electrons. The van der Waals surface area contributed by atoms with Gasteiger partial charge in [-0.05, 0) is 32.1 Å². The number of hydrogen-bond donors (Lipinski definition) is 1. The Morgan fingerprint density at radius 2 is 1.97 bits per heavy atom. The highest BCUT2D eigenvalue weighted by atomic mass is 19.1. The average Bonchev–Trinajstić information content (AvgIpc) is 2.75. The summed E-state index contributed by atoms with van der Waals surface area (Å²) in [6.45, 7) is 8.35. The molecular formula is C21H21FN6O3. The fourth-order valence-corrected chi connectivity index (χ4v) is 3.88. The van der Waals surface area contributed by atoms with Crippen LogP contribution in [-0.2, 0) is 4.79 Å². The van der Waals surface area contributed by atoms with Gasteiger partial charge in [-0.15, -0.1) is 0 Å². The summed E-state index contributed by atoms with van der Waals surface area (Å²) in [5.41, 5.74) is -0.655. The molecule has 2 atom stereocenters. The van der Waals surface area contributed by atoms with Crippen molar-refractivity contribution in [2.24, 2.45) is 0 Å². The molecule has 0 spiro atoms. The molecule has 1 aromatic carbocycles. The highest BCUT2D eigenvalue weighted by Gasteiger charge is 2.33. The molecule has 1 fully saturated rings. The van der Waals surface area contributed by atoms with Gasteiger partial charge in [0.2, 0.25) is 5.91 Å². The number of hydrogen-bond acceptors (Lipinski definition) is 7. The molecule has 0 bridgehead atoms. The molecule has 2 aromatic heterocycles. The summed E-state index contributed by atoms with van der Waals surface area (Å²) in [4.78, 5) is 41.6. The molecule has 0 saturated carbocycles.